The lowest BCUT2D eigenvalue weighted by molar-refractivity contribution is -0.144. The lowest BCUT2D eigenvalue weighted by Crippen LogP contribution is -2.56. The second kappa shape index (κ2) is 11.7. The number of ether oxygens (including phenoxy) is 1. The normalized spacial score (nSPS) is 18.3. The number of nitrogens with one attached hydrogen (secondary N) is 2. The first-order valence-corrected chi connectivity index (χ1v) is 13.6. The molecule has 2 aliphatic rings. The van der Waals surface area contributed by atoms with E-state index in [1.807, 2.05) is 39.8 Å². The average Bonchev–Trinajstić information content (AvgIpc) is 3.58. The van der Waals surface area contributed by atoms with E-state index in [1.165, 1.54) is 6.42 Å². The zero-order valence-corrected chi connectivity index (χ0v) is 23.1. The van der Waals surface area contributed by atoms with Crippen molar-refractivity contribution in [2.75, 3.05) is 0 Å². The van der Waals surface area contributed by atoms with Gasteiger partial charge in [0.05, 0.1) is 0 Å². The van der Waals surface area contributed by atoms with Crippen LogP contribution < -0.4 is 10.6 Å². The zero-order chi connectivity index (χ0) is 26.6. The third kappa shape index (κ3) is 7.71. The Hall–Kier alpha value is -2.57. The van der Waals surface area contributed by atoms with Crippen molar-refractivity contribution in [2.45, 2.75) is 123 Å². The van der Waals surface area contributed by atoms with Gasteiger partial charge in [0.25, 0.3) is 0 Å². The van der Waals surface area contributed by atoms with Crippen molar-refractivity contribution in [3.05, 3.63) is 34.9 Å². The second-order valence-electron chi connectivity index (χ2n) is 12.0. The summed E-state index contributed by atoms with van der Waals surface area (Å²) in [5, 5.41) is 6.07. The molecule has 0 radical (unpaired) electrons. The molecule has 7 heteroatoms. The van der Waals surface area contributed by atoms with Crippen LogP contribution in [0, 0.1) is 19.8 Å². The number of nitrogens with zero attached hydrogens (tertiary/aromatic N) is 1. The fraction of sp³-hybridized carbons (Fsp3) is 0.690. The van der Waals surface area contributed by atoms with Gasteiger partial charge >= 0.3 is 6.09 Å². The minimum atomic E-state index is -0.795. The third-order valence-electron chi connectivity index (χ3n) is 6.84. The Morgan fingerprint density at radius 1 is 0.944 bits per heavy atom. The van der Waals surface area contributed by atoms with Crippen LogP contribution in [0.2, 0.25) is 0 Å². The van der Waals surface area contributed by atoms with Crippen LogP contribution in [0.1, 0.15) is 102 Å². The molecule has 0 saturated heterocycles. The van der Waals surface area contributed by atoms with Gasteiger partial charge in [-0.15, -0.1) is 0 Å². The standard InChI is InChI=1S/C29H45N3O4/c1-18(2)24(31-28(35)36-29(5,6)7)27(34)32(23-13-14-23)25(21-16-19(3)15-20(4)17-21)26(33)30-22-11-9-8-10-12-22/h15-18,22-25H,8-14H2,1-7H3,(H,30,33)(H,31,35). The Bertz CT molecular complexity index is 922. The van der Waals surface area contributed by atoms with Gasteiger partial charge < -0.3 is 20.3 Å². The molecule has 2 aliphatic carbocycles. The average molecular weight is 500 g/mol. The molecule has 7 nitrogen and oxygen atoms in total. The van der Waals surface area contributed by atoms with Gasteiger partial charge in [-0.05, 0) is 71.8 Å². The lowest BCUT2D eigenvalue weighted by atomic mass is 9.93. The van der Waals surface area contributed by atoms with Crippen LogP contribution in [0.25, 0.3) is 0 Å². The molecular formula is C29H45N3O4. The molecule has 2 fully saturated rings. The summed E-state index contributed by atoms with van der Waals surface area (Å²) in [5.74, 6) is -0.541. The number of amides is 3. The largest absolute Gasteiger partial charge is 0.444 e. The van der Waals surface area contributed by atoms with E-state index in [0.717, 1.165) is 55.2 Å². The number of benzene rings is 1. The highest BCUT2D eigenvalue weighted by Gasteiger charge is 2.45. The topological polar surface area (TPSA) is 87.7 Å². The highest BCUT2D eigenvalue weighted by atomic mass is 16.6. The molecule has 0 aromatic heterocycles. The maximum Gasteiger partial charge on any atom is 0.408 e. The summed E-state index contributed by atoms with van der Waals surface area (Å²) >= 11 is 0. The van der Waals surface area contributed by atoms with Crippen molar-refractivity contribution in [1.29, 1.82) is 0 Å². The number of carbonyl (C=O) groups is 3. The summed E-state index contributed by atoms with van der Waals surface area (Å²) in [4.78, 5) is 42.4. The molecule has 2 saturated carbocycles. The number of aryl methyl sites for hydroxylation is 2. The van der Waals surface area contributed by atoms with Crippen LogP contribution >= 0.6 is 0 Å². The van der Waals surface area contributed by atoms with Crippen LogP contribution in [0.4, 0.5) is 4.79 Å². The molecule has 2 atom stereocenters. The molecule has 0 spiro atoms. The van der Waals surface area contributed by atoms with E-state index >= 15 is 0 Å². The van der Waals surface area contributed by atoms with Crippen LogP contribution in [-0.2, 0) is 14.3 Å². The van der Waals surface area contributed by atoms with Crippen molar-refractivity contribution in [3.63, 3.8) is 0 Å². The molecule has 36 heavy (non-hydrogen) atoms. The van der Waals surface area contributed by atoms with Crippen molar-refractivity contribution in [3.8, 4) is 0 Å². The van der Waals surface area contributed by atoms with Gasteiger partial charge in [-0.2, -0.15) is 0 Å². The number of carbonyl (C=O) groups excluding carboxylic acids is 3. The predicted octanol–water partition coefficient (Wildman–Crippen LogP) is 5.33. The van der Waals surface area contributed by atoms with Crippen molar-refractivity contribution < 1.29 is 19.1 Å². The van der Waals surface area contributed by atoms with Crippen LogP contribution in [0.5, 0.6) is 0 Å². The Kier molecular flexibility index (Phi) is 9.07. The Labute approximate surface area is 216 Å². The third-order valence-corrected chi connectivity index (χ3v) is 6.84. The van der Waals surface area contributed by atoms with Gasteiger partial charge in [-0.3, -0.25) is 9.59 Å². The molecule has 0 heterocycles. The molecule has 2 unspecified atom stereocenters. The monoisotopic (exact) mass is 499 g/mol. The summed E-state index contributed by atoms with van der Waals surface area (Å²) in [6.45, 7) is 13.2. The van der Waals surface area contributed by atoms with Crippen molar-refractivity contribution in [2.24, 2.45) is 5.92 Å². The molecule has 1 aromatic rings. The van der Waals surface area contributed by atoms with Gasteiger partial charge in [0.1, 0.15) is 17.7 Å². The summed E-state index contributed by atoms with van der Waals surface area (Å²) in [7, 11) is 0. The summed E-state index contributed by atoms with van der Waals surface area (Å²) in [6, 6.07) is 4.66. The van der Waals surface area contributed by atoms with E-state index in [2.05, 4.69) is 16.7 Å². The minimum Gasteiger partial charge on any atom is -0.444 e. The number of alkyl carbamates (subject to hydrolysis) is 1. The Morgan fingerprint density at radius 3 is 2.03 bits per heavy atom. The van der Waals surface area contributed by atoms with Gasteiger partial charge in [0.2, 0.25) is 11.8 Å². The molecule has 3 amide bonds. The fourth-order valence-corrected chi connectivity index (χ4v) is 5.11. The van der Waals surface area contributed by atoms with E-state index in [0.29, 0.717) is 0 Å². The first-order chi connectivity index (χ1) is 16.9. The van der Waals surface area contributed by atoms with E-state index in [4.69, 9.17) is 4.74 Å². The van der Waals surface area contributed by atoms with E-state index < -0.39 is 23.8 Å². The van der Waals surface area contributed by atoms with Crippen LogP contribution in [-0.4, -0.2) is 46.5 Å². The Morgan fingerprint density at radius 2 is 1.53 bits per heavy atom. The molecule has 200 valence electrons. The number of hydrogen-bond acceptors (Lipinski definition) is 4. The molecular weight excluding hydrogens is 454 g/mol. The maximum atomic E-state index is 14.1. The van der Waals surface area contributed by atoms with Gasteiger partial charge in [-0.25, -0.2) is 4.79 Å². The van der Waals surface area contributed by atoms with E-state index in [1.54, 1.807) is 25.7 Å². The molecule has 0 bridgehead atoms. The molecule has 3 rings (SSSR count). The Balaban J connectivity index is 1.95. The van der Waals surface area contributed by atoms with Crippen LogP contribution in [0.15, 0.2) is 18.2 Å². The van der Waals surface area contributed by atoms with Crippen molar-refractivity contribution >= 4 is 17.9 Å². The van der Waals surface area contributed by atoms with Crippen LogP contribution in [0.3, 0.4) is 0 Å². The number of rotatable bonds is 8. The van der Waals surface area contributed by atoms with E-state index in [-0.39, 0.29) is 29.8 Å². The second-order valence-corrected chi connectivity index (χ2v) is 12.0. The maximum absolute atomic E-state index is 14.1. The van der Waals surface area contributed by atoms with Gasteiger partial charge in [0, 0.05) is 12.1 Å². The fourth-order valence-electron chi connectivity index (χ4n) is 5.11. The highest BCUT2D eigenvalue weighted by molar-refractivity contribution is 5.93. The molecule has 1 aromatic carbocycles. The predicted molar refractivity (Wildman–Crippen MR) is 142 cm³/mol. The summed E-state index contributed by atoms with van der Waals surface area (Å²) < 4.78 is 5.45. The number of hydrogen-bond donors (Lipinski definition) is 2. The minimum absolute atomic E-state index is 0.0258. The highest BCUT2D eigenvalue weighted by Crippen LogP contribution is 2.37. The quantitative estimate of drug-likeness (QED) is 0.506. The lowest BCUT2D eigenvalue weighted by Gasteiger charge is -2.37. The van der Waals surface area contributed by atoms with E-state index in [9.17, 15) is 14.4 Å². The molecule has 0 aliphatic heterocycles. The summed E-state index contributed by atoms with van der Waals surface area (Å²) in [6.07, 6.45) is 6.43. The van der Waals surface area contributed by atoms with Crippen molar-refractivity contribution in [1.82, 2.24) is 15.5 Å². The SMILES string of the molecule is Cc1cc(C)cc(C(C(=O)NC2CCCCC2)N(C(=O)C(NC(=O)OC(C)(C)C)C(C)C)C2CC2)c1. The first-order valence-electron chi connectivity index (χ1n) is 13.6. The zero-order valence-electron chi connectivity index (χ0n) is 23.1. The molecule has 2 N–H and O–H groups in total. The summed E-state index contributed by atoms with van der Waals surface area (Å²) in [5.41, 5.74) is 2.25. The van der Waals surface area contributed by atoms with Gasteiger partial charge in [0.15, 0.2) is 0 Å². The van der Waals surface area contributed by atoms with Gasteiger partial charge in [-0.1, -0.05) is 62.4 Å². The smallest absolute Gasteiger partial charge is 0.408 e. The first kappa shape index (κ1) is 28.0.